The average Bonchev–Trinajstić information content (AvgIpc) is 2.40. The van der Waals surface area contributed by atoms with E-state index in [1.54, 1.807) is 12.1 Å². The highest BCUT2D eigenvalue weighted by atomic mass is 79.9. The van der Waals surface area contributed by atoms with E-state index in [1.165, 1.54) is 11.6 Å². The third kappa shape index (κ3) is 3.17. The molecule has 4 nitrogen and oxygen atoms in total. The van der Waals surface area contributed by atoms with E-state index in [0.29, 0.717) is 12.1 Å². The lowest BCUT2D eigenvalue weighted by atomic mass is 10.1. The van der Waals surface area contributed by atoms with Crippen LogP contribution in [0.3, 0.4) is 0 Å². The predicted molar refractivity (Wildman–Crippen MR) is 84.0 cm³/mol. The van der Waals surface area contributed by atoms with E-state index >= 15 is 0 Å². The lowest BCUT2D eigenvalue weighted by molar-refractivity contribution is -0.385. The van der Waals surface area contributed by atoms with Crippen molar-refractivity contribution >= 4 is 27.3 Å². The summed E-state index contributed by atoms with van der Waals surface area (Å²) >= 11 is 3.35. The summed E-state index contributed by atoms with van der Waals surface area (Å²) in [5, 5.41) is 14.3. The third-order valence-electron chi connectivity index (χ3n) is 3.31. The summed E-state index contributed by atoms with van der Waals surface area (Å²) in [5.74, 6) is 0. The van der Waals surface area contributed by atoms with Crippen molar-refractivity contribution in [2.45, 2.75) is 20.4 Å². The summed E-state index contributed by atoms with van der Waals surface area (Å²) in [6.07, 6.45) is 0. The molecular formula is C15H15BrN2O2. The van der Waals surface area contributed by atoms with Crippen LogP contribution in [-0.4, -0.2) is 4.92 Å². The van der Waals surface area contributed by atoms with Gasteiger partial charge in [0, 0.05) is 28.3 Å². The monoisotopic (exact) mass is 334 g/mol. The summed E-state index contributed by atoms with van der Waals surface area (Å²) < 4.78 is 0.834. The number of aryl methyl sites for hydroxylation is 1. The number of nitro groups is 1. The van der Waals surface area contributed by atoms with Crippen LogP contribution < -0.4 is 5.32 Å². The van der Waals surface area contributed by atoms with E-state index in [9.17, 15) is 10.1 Å². The maximum Gasteiger partial charge on any atom is 0.274 e. The van der Waals surface area contributed by atoms with Crippen molar-refractivity contribution in [1.82, 2.24) is 0 Å². The van der Waals surface area contributed by atoms with Gasteiger partial charge in [0.1, 0.15) is 0 Å². The molecule has 104 valence electrons. The number of hydrogen-bond acceptors (Lipinski definition) is 3. The lowest BCUT2D eigenvalue weighted by Gasteiger charge is -2.11. The topological polar surface area (TPSA) is 55.2 Å². The van der Waals surface area contributed by atoms with Gasteiger partial charge < -0.3 is 5.32 Å². The normalized spacial score (nSPS) is 10.3. The van der Waals surface area contributed by atoms with Gasteiger partial charge in [-0.05, 0) is 43.2 Å². The Bertz CT molecular complexity index is 656. The van der Waals surface area contributed by atoms with Gasteiger partial charge in [-0.2, -0.15) is 0 Å². The highest BCUT2D eigenvalue weighted by molar-refractivity contribution is 9.10. The van der Waals surface area contributed by atoms with Crippen molar-refractivity contribution in [3.05, 3.63) is 67.7 Å². The number of hydrogen-bond donors (Lipinski definition) is 1. The van der Waals surface area contributed by atoms with E-state index < -0.39 is 0 Å². The van der Waals surface area contributed by atoms with Crippen LogP contribution in [0.15, 0.2) is 40.9 Å². The molecule has 0 bridgehead atoms. The van der Waals surface area contributed by atoms with Crippen LogP contribution in [0.25, 0.3) is 0 Å². The first-order valence-corrected chi connectivity index (χ1v) is 7.01. The molecule has 0 unspecified atom stereocenters. The van der Waals surface area contributed by atoms with E-state index in [4.69, 9.17) is 0 Å². The standard InChI is InChI=1S/C15H15BrN2O2/c1-10-4-3-5-14(11(10)2)17-9-12-8-13(16)6-7-15(12)18(19)20/h3-8,17H,9H2,1-2H3. The molecule has 1 N–H and O–H groups in total. The fourth-order valence-corrected chi connectivity index (χ4v) is 2.42. The van der Waals surface area contributed by atoms with Crippen molar-refractivity contribution in [3.8, 4) is 0 Å². The first-order valence-electron chi connectivity index (χ1n) is 6.22. The summed E-state index contributed by atoms with van der Waals surface area (Å²) in [5.41, 5.74) is 4.14. The molecule has 2 aromatic carbocycles. The van der Waals surface area contributed by atoms with Gasteiger partial charge in [-0.1, -0.05) is 28.1 Å². The Balaban J connectivity index is 2.24. The summed E-state index contributed by atoms with van der Waals surface area (Å²) in [4.78, 5) is 10.7. The minimum Gasteiger partial charge on any atom is -0.380 e. The van der Waals surface area contributed by atoms with E-state index in [2.05, 4.69) is 21.2 Å². The number of nitrogens with zero attached hydrogens (tertiary/aromatic N) is 1. The molecule has 2 rings (SSSR count). The highest BCUT2D eigenvalue weighted by Gasteiger charge is 2.13. The van der Waals surface area contributed by atoms with Gasteiger partial charge in [0.05, 0.1) is 4.92 Å². The fraction of sp³-hybridized carbons (Fsp3) is 0.200. The van der Waals surface area contributed by atoms with Gasteiger partial charge in [0.25, 0.3) is 5.69 Å². The largest absolute Gasteiger partial charge is 0.380 e. The quantitative estimate of drug-likeness (QED) is 0.657. The molecule has 0 amide bonds. The second-order valence-electron chi connectivity index (χ2n) is 4.63. The van der Waals surface area contributed by atoms with Crippen molar-refractivity contribution in [1.29, 1.82) is 0 Å². The number of anilines is 1. The van der Waals surface area contributed by atoms with Crippen molar-refractivity contribution in [2.24, 2.45) is 0 Å². The van der Waals surface area contributed by atoms with Crippen molar-refractivity contribution in [2.75, 3.05) is 5.32 Å². The Morgan fingerprint density at radius 1 is 1.25 bits per heavy atom. The molecule has 0 heterocycles. The minimum atomic E-state index is -0.355. The zero-order chi connectivity index (χ0) is 14.7. The SMILES string of the molecule is Cc1cccc(NCc2cc(Br)ccc2[N+](=O)[O-])c1C. The molecule has 0 aliphatic carbocycles. The van der Waals surface area contributed by atoms with Crippen LogP contribution in [0.1, 0.15) is 16.7 Å². The molecule has 2 aromatic rings. The molecule has 0 spiro atoms. The molecule has 0 aromatic heterocycles. The van der Waals surface area contributed by atoms with E-state index in [1.807, 2.05) is 32.0 Å². The Kier molecular flexibility index (Phi) is 4.39. The zero-order valence-electron chi connectivity index (χ0n) is 11.3. The summed E-state index contributed by atoms with van der Waals surface area (Å²) in [7, 11) is 0. The van der Waals surface area contributed by atoms with Gasteiger partial charge in [-0.15, -0.1) is 0 Å². The predicted octanol–water partition coefficient (Wildman–Crippen LogP) is 4.59. The zero-order valence-corrected chi connectivity index (χ0v) is 12.9. The van der Waals surface area contributed by atoms with Crippen LogP contribution in [0.2, 0.25) is 0 Å². The molecule has 0 saturated heterocycles. The van der Waals surface area contributed by atoms with E-state index in [-0.39, 0.29) is 10.6 Å². The molecule has 0 atom stereocenters. The van der Waals surface area contributed by atoms with Crippen LogP contribution in [-0.2, 0) is 6.54 Å². The Morgan fingerprint density at radius 3 is 2.70 bits per heavy atom. The van der Waals surface area contributed by atoms with Crippen molar-refractivity contribution < 1.29 is 4.92 Å². The molecule has 0 fully saturated rings. The Hall–Kier alpha value is -1.88. The molecular weight excluding hydrogens is 320 g/mol. The molecule has 20 heavy (non-hydrogen) atoms. The summed E-state index contributed by atoms with van der Waals surface area (Å²) in [6.45, 7) is 4.50. The second kappa shape index (κ2) is 6.05. The lowest BCUT2D eigenvalue weighted by Crippen LogP contribution is -2.04. The average molecular weight is 335 g/mol. The maximum absolute atomic E-state index is 11.0. The first kappa shape index (κ1) is 14.5. The van der Waals surface area contributed by atoms with Crippen LogP contribution in [0, 0.1) is 24.0 Å². The van der Waals surface area contributed by atoms with Crippen LogP contribution >= 0.6 is 15.9 Å². The molecule has 5 heteroatoms. The van der Waals surface area contributed by atoms with Gasteiger partial charge in [0.2, 0.25) is 0 Å². The number of nitrogens with one attached hydrogen (secondary N) is 1. The minimum absolute atomic E-state index is 0.131. The number of benzene rings is 2. The number of halogens is 1. The summed E-state index contributed by atoms with van der Waals surface area (Å²) in [6, 6.07) is 11.0. The Morgan fingerprint density at radius 2 is 2.00 bits per heavy atom. The molecule has 0 radical (unpaired) electrons. The van der Waals surface area contributed by atoms with Gasteiger partial charge >= 0.3 is 0 Å². The first-order chi connectivity index (χ1) is 9.49. The fourth-order valence-electron chi connectivity index (χ4n) is 2.01. The maximum atomic E-state index is 11.0. The number of nitro benzene ring substituents is 1. The molecule has 0 saturated carbocycles. The smallest absolute Gasteiger partial charge is 0.274 e. The molecule has 0 aliphatic rings. The van der Waals surface area contributed by atoms with E-state index in [0.717, 1.165) is 15.7 Å². The number of rotatable bonds is 4. The second-order valence-corrected chi connectivity index (χ2v) is 5.55. The molecule has 0 aliphatic heterocycles. The van der Waals surface area contributed by atoms with Crippen LogP contribution in [0.4, 0.5) is 11.4 Å². The van der Waals surface area contributed by atoms with Gasteiger partial charge in [0.15, 0.2) is 0 Å². The van der Waals surface area contributed by atoms with Gasteiger partial charge in [-0.3, -0.25) is 10.1 Å². The van der Waals surface area contributed by atoms with Crippen LogP contribution in [0.5, 0.6) is 0 Å². The van der Waals surface area contributed by atoms with Gasteiger partial charge in [-0.25, -0.2) is 0 Å². The van der Waals surface area contributed by atoms with Crippen molar-refractivity contribution in [3.63, 3.8) is 0 Å². The highest BCUT2D eigenvalue weighted by Crippen LogP contribution is 2.25. The third-order valence-corrected chi connectivity index (χ3v) is 3.81. The Labute approximate surface area is 126 Å².